The fraction of sp³-hybridized carbons (Fsp3) is 0.615. The molecule has 0 radical (unpaired) electrons. The van der Waals surface area contributed by atoms with Crippen molar-refractivity contribution >= 4 is 35.8 Å². The normalized spacial score (nSPS) is 21.3. The molecule has 0 aromatic heterocycles. The van der Waals surface area contributed by atoms with E-state index in [9.17, 15) is 9.00 Å². The van der Waals surface area contributed by atoms with Crippen molar-refractivity contribution in [3.8, 4) is 0 Å². The quantitative estimate of drug-likeness (QED) is 0.455. The zero-order chi connectivity index (χ0) is 27.0. The van der Waals surface area contributed by atoms with Crippen molar-refractivity contribution in [2.24, 2.45) is 14.8 Å². The van der Waals surface area contributed by atoms with Gasteiger partial charge in [0.05, 0.1) is 6.54 Å². The van der Waals surface area contributed by atoms with Crippen LogP contribution in [0.25, 0.3) is 0 Å². The van der Waals surface area contributed by atoms with E-state index in [1.54, 1.807) is 7.11 Å². The number of fused-ring (bicyclic) bond motifs is 2. The van der Waals surface area contributed by atoms with Gasteiger partial charge in [-0.2, -0.15) is 0 Å². The summed E-state index contributed by atoms with van der Waals surface area (Å²) in [5.74, 6) is 0.130. The Morgan fingerprint density at radius 3 is 2.32 bits per heavy atom. The number of benzene rings is 1. The Hall–Kier alpha value is -2.37. The lowest BCUT2D eigenvalue weighted by molar-refractivity contribution is 0.0508. The second-order valence-corrected chi connectivity index (χ2v) is 18.6. The van der Waals surface area contributed by atoms with E-state index >= 15 is 0 Å². The van der Waals surface area contributed by atoms with Gasteiger partial charge in [0.25, 0.3) is 0 Å². The first-order valence-electron chi connectivity index (χ1n) is 13.0. The van der Waals surface area contributed by atoms with E-state index < -0.39 is 24.2 Å². The molecule has 4 N–H and O–H groups in total. The maximum absolute atomic E-state index is 14.7. The molecule has 1 unspecified atom stereocenters. The Labute approximate surface area is 222 Å². The van der Waals surface area contributed by atoms with Gasteiger partial charge in [0.15, 0.2) is 18.2 Å². The first kappa shape index (κ1) is 27.7. The zero-order valence-electron chi connectivity index (χ0n) is 22.9. The van der Waals surface area contributed by atoms with Gasteiger partial charge in [0, 0.05) is 19.0 Å². The highest BCUT2D eigenvalue weighted by Gasteiger charge is 2.40. The fourth-order valence-electron chi connectivity index (χ4n) is 4.85. The standard InChI is InChI=1S/C26H41N5O4SSi/c1-26(2,3)37(5,6)31-36(33,22(14-27)24-28-15-19(34-4)16-35-24)30-25(32)29-23-20-11-7-9-17(20)13-18-10-8-12-21(18)23/h13-14,19H,7-12,15-16,27H2,1-6H3,(H2,29,30,31,32,33)/t19-,36?/m0/s1. The van der Waals surface area contributed by atoms with Gasteiger partial charge in [-0.05, 0) is 78.9 Å². The molecule has 1 aromatic carbocycles. The Kier molecular flexibility index (Phi) is 7.78. The topological polar surface area (TPSA) is 127 Å². The summed E-state index contributed by atoms with van der Waals surface area (Å²) in [5.41, 5.74) is 11.9. The molecule has 0 spiro atoms. The number of hydrogen-bond donors (Lipinski definition) is 3. The van der Waals surface area contributed by atoms with Crippen LogP contribution in [0.15, 0.2) is 26.2 Å². The summed E-state index contributed by atoms with van der Waals surface area (Å²) < 4.78 is 33.4. The largest absolute Gasteiger partial charge is 0.474 e. The van der Waals surface area contributed by atoms with E-state index in [4.69, 9.17) is 19.2 Å². The highest BCUT2D eigenvalue weighted by atomic mass is 32.2. The monoisotopic (exact) mass is 547 g/mol. The highest BCUT2D eigenvalue weighted by molar-refractivity contribution is 7.97. The Balaban J connectivity index is 1.72. The molecule has 2 amide bonds. The van der Waals surface area contributed by atoms with Crippen LogP contribution in [0.4, 0.5) is 10.5 Å². The predicted octanol–water partition coefficient (Wildman–Crippen LogP) is 4.42. The molecule has 0 saturated carbocycles. The second kappa shape index (κ2) is 10.4. The molecule has 2 aliphatic carbocycles. The number of aliphatic imine (C=N–C) groups is 1. The third-order valence-corrected chi connectivity index (χ3v) is 15.9. The van der Waals surface area contributed by atoms with E-state index in [-0.39, 0.29) is 28.6 Å². The highest BCUT2D eigenvalue weighted by Crippen LogP contribution is 2.40. The van der Waals surface area contributed by atoms with Gasteiger partial charge in [0.1, 0.15) is 17.6 Å². The summed E-state index contributed by atoms with van der Waals surface area (Å²) in [6.07, 6.45) is 7.06. The molecule has 0 saturated heterocycles. The number of urea groups is 1. The number of ether oxygens (including phenoxy) is 2. The van der Waals surface area contributed by atoms with Crippen molar-refractivity contribution < 1.29 is 18.5 Å². The number of amides is 2. The predicted molar refractivity (Wildman–Crippen MR) is 152 cm³/mol. The minimum atomic E-state index is -3.53. The van der Waals surface area contributed by atoms with Crippen molar-refractivity contribution in [1.82, 2.24) is 4.72 Å². The number of carbonyl (C=O) groups is 1. The molecule has 11 heteroatoms. The van der Waals surface area contributed by atoms with E-state index in [0.717, 1.165) is 44.2 Å². The summed E-state index contributed by atoms with van der Waals surface area (Å²) in [4.78, 5) is 18.1. The number of aryl methyl sites for hydroxylation is 2. The number of anilines is 1. The number of rotatable bonds is 6. The van der Waals surface area contributed by atoms with Crippen LogP contribution in [0.2, 0.25) is 18.1 Å². The molecule has 0 fully saturated rings. The molecule has 3 aliphatic rings. The summed E-state index contributed by atoms with van der Waals surface area (Å²) >= 11 is 0. The van der Waals surface area contributed by atoms with Crippen LogP contribution < -0.4 is 15.8 Å². The van der Waals surface area contributed by atoms with Crippen molar-refractivity contribution in [3.05, 3.63) is 39.4 Å². The van der Waals surface area contributed by atoms with E-state index in [2.05, 4.69) is 41.9 Å². The molecule has 1 heterocycles. The van der Waals surface area contributed by atoms with Gasteiger partial charge in [-0.15, -0.1) is 0 Å². The van der Waals surface area contributed by atoms with E-state index in [0.29, 0.717) is 6.54 Å². The van der Waals surface area contributed by atoms with Crippen molar-refractivity contribution in [2.75, 3.05) is 25.6 Å². The molecule has 9 nitrogen and oxygen atoms in total. The summed E-state index contributed by atoms with van der Waals surface area (Å²) in [6, 6.07) is 1.75. The molecule has 2 atom stereocenters. The molecule has 37 heavy (non-hydrogen) atoms. The third-order valence-electron chi connectivity index (χ3n) is 7.97. The number of nitrogens with zero attached hydrogens (tertiary/aromatic N) is 2. The fourth-order valence-corrected chi connectivity index (χ4v) is 10.0. The molecule has 204 valence electrons. The third kappa shape index (κ3) is 5.58. The van der Waals surface area contributed by atoms with E-state index in [1.165, 1.54) is 28.5 Å². The first-order valence-corrected chi connectivity index (χ1v) is 17.5. The SMILES string of the molecule is CO[C@H]1CN=C(C(=CN)S(=O)(=N[Si](C)(C)C(C)(C)C)NC(=O)Nc2c3c(cc4c2CCC4)CCC3)OC1. The summed E-state index contributed by atoms with van der Waals surface area (Å²) in [7, 11) is -4.46. The van der Waals surface area contributed by atoms with Crippen LogP contribution in [-0.2, 0) is 45.1 Å². The van der Waals surface area contributed by atoms with Crippen LogP contribution in [0.5, 0.6) is 0 Å². The average Bonchev–Trinajstić information content (AvgIpc) is 3.48. The smallest absolute Gasteiger partial charge is 0.331 e. The molecule has 0 bridgehead atoms. The van der Waals surface area contributed by atoms with Crippen molar-refractivity contribution in [1.29, 1.82) is 0 Å². The minimum Gasteiger partial charge on any atom is -0.474 e. The van der Waals surface area contributed by atoms with Crippen LogP contribution in [-0.4, -0.2) is 50.7 Å². The number of nitrogens with one attached hydrogen (secondary N) is 2. The van der Waals surface area contributed by atoms with Crippen LogP contribution in [0, 0.1) is 0 Å². The molecule has 4 rings (SSSR count). The lowest BCUT2D eigenvalue weighted by Gasteiger charge is -2.34. The number of methoxy groups -OCH3 is 1. The van der Waals surface area contributed by atoms with E-state index in [1.807, 2.05) is 13.1 Å². The van der Waals surface area contributed by atoms with Gasteiger partial charge in [-0.3, -0.25) is 4.03 Å². The van der Waals surface area contributed by atoms with Crippen molar-refractivity contribution in [2.45, 2.75) is 83.5 Å². The van der Waals surface area contributed by atoms with Gasteiger partial charge in [-0.25, -0.2) is 18.7 Å². The van der Waals surface area contributed by atoms with Crippen LogP contribution in [0.1, 0.15) is 55.9 Å². The van der Waals surface area contributed by atoms with Gasteiger partial charge < -0.3 is 20.5 Å². The molecular formula is C26H41N5O4SSi. The lowest BCUT2D eigenvalue weighted by Crippen LogP contribution is -2.44. The van der Waals surface area contributed by atoms with Crippen LogP contribution in [0.3, 0.4) is 0 Å². The van der Waals surface area contributed by atoms with Crippen molar-refractivity contribution in [3.63, 3.8) is 0 Å². The second-order valence-electron chi connectivity index (χ2n) is 11.6. The van der Waals surface area contributed by atoms with Gasteiger partial charge in [-0.1, -0.05) is 26.8 Å². The molecule has 1 aliphatic heterocycles. The lowest BCUT2D eigenvalue weighted by atomic mass is 9.99. The number of carbonyl (C=O) groups excluding carboxylic acids is 1. The maximum Gasteiger partial charge on any atom is 0.331 e. The summed E-state index contributed by atoms with van der Waals surface area (Å²) in [6.45, 7) is 10.9. The van der Waals surface area contributed by atoms with Gasteiger partial charge >= 0.3 is 6.03 Å². The molecule has 1 aromatic rings. The van der Waals surface area contributed by atoms with Crippen LogP contribution >= 0.6 is 0 Å². The first-order chi connectivity index (χ1) is 17.4. The summed E-state index contributed by atoms with van der Waals surface area (Å²) in [5, 5.41) is 2.86. The number of hydrogen-bond acceptors (Lipinski definition) is 7. The zero-order valence-corrected chi connectivity index (χ0v) is 24.7. The average molecular weight is 548 g/mol. The molecular weight excluding hydrogens is 506 g/mol. The Bertz CT molecular complexity index is 1230. The maximum atomic E-state index is 14.7. The Morgan fingerprint density at radius 2 is 1.84 bits per heavy atom. The number of nitrogens with two attached hydrogens (primary N) is 1. The Morgan fingerprint density at radius 1 is 1.22 bits per heavy atom. The van der Waals surface area contributed by atoms with Gasteiger partial charge in [0.2, 0.25) is 5.90 Å². The minimum absolute atomic E-state index is 0.0885.